The van der Waals surface area contributed by atoms with Crippen LogP contribution in [0.25, 0.3) is 0 Å². The molecule has 5 heteroatoms. The predicted octanol–water partition coefficient (Wildman–Crippen LogP) is 3.10. The van der Waals surface area contributed by atoms with Crippen molar-refractivity contribution in [2.45, 2.75) is 58.3 Å². The van der Waals surface area contributed by atoms with Crippen LogP contribution in [-0.4, -0.2) is 40.6 Å². The SMILES string of the molecule is CC(C)(C)c1nc(CCN2CCCC2)sc1CCC(=O)O. The molecule has 1 fully saturated rings. The zero-order valence-electron chi connectivity index (χ0n) is 13.3. The van der Waals surface area contributed by atoms with Gasteiger partial charge in [0.05, 0.1) is 17.1 Å². The van der Waals surface area contributed by atoms with Crippen molar-refractivity contribution in [2.24, 2.45) is 0 Å². The summed E-state index contributed by atoms with van der Waals surface area (Å²) in [6, 6.07) is 0. The second-order valence-electron chi connectivity index (χ2n) is 6.82. The van der Waals surface area contributed by atoms with Crippen molar-refractivity contribution in [3.05, 3.63) is 15.6 Å². The number of aryl methyl sites for hydroxylation is 1. The zero-order valence-corrected chi connectivity index (χ0v) is 14.1. The summed E-state index contributed by atoms with van der Waals surface area (Å²) in [4.78, 5) is 19.3. The Morgan fingerprint density at radius 1 is 1.29 bits per heavy atom. The molecule has 0 aliphatic carbocycles. The number of hydrogen-bond acceptors (Lipinski definition) is 4. The average molecular weight is 310 g/mol. The molecule has 0 amide bonds. The minimum atomic E-state index is -0.734. The molecule has 1 aliphatic heterocycles. The Labute approximate surface area is 131 Å². The highest BCUT2D eigenvalue weighted by atomic mass is 32.1. The fourth-order valence-corrected chi connectivity index (χ4v) is 4.01. The van der Waals surface area contributed by atoms with Crippen molar-refractivity contribution in [1.82, 2.24) is 9.88 Å². The van der Waals surface area contributed by atoms with E-state index in [1.165, 1.54) is 25.9 Å². The lowest BCUT2D eigenvalue weighted by molar-refractivity contribution is -0.136. The van der Waals surface area contributed by atoms with Crippen molar-refractivity contribution in [2.75, 3.05) is 19.6 Å². The van der Waals surface area contributed by atoms with Crippen LogP contribution in [-0.2, 0) is 23.1 Å². The smallest absolute Gasteiger partial charge is 0.303 e. The monoisotopic (exact) mass is 310 g/mol. The number of carbonyl (C=O) groups is 1. The standard InChI is InChI=1S/C16H26N2O2S/c1-16(2,3)15-12(6-7-14(19)20)21-13(17-15)8-11-18-9-4-5-10-18/h4-11H2,1-3H3,(H,19,20). The first-order valence-corrected chi connectivity index (χ1v) is 8.61. The van der Waals surface area contributed by atoms with E-state index in [0.29, 0.717) is 6.42 Å². The van der Waals surface area contributed by atoms with Gasteiger partial charge in [0.15, 0.2) is 0 Å². The number of nitrogens with zero attached hydrogens (tertiary/aromatic N) is 2. The van der Waals surface area contributed by atoms with Crippen LogP contribution >= 0.6 is 11.3 Å². The molecule has 21 heavy (non-hydrogen) atoms. The number of aromatic nitrogens is 1. The molecule has 1 aromatic heterocycles. The molecule has 2 heterocycles. The molecule has 1 N–H and O–H groups in total. The Bertz CT molecular complexity index is 485. The van der Waals surface area contributed by atoms with Crippen LogP contribution in [0.2, 0.25) is 0 Å². The van der Waals surface area contributed by atoms with E-state index < -0.39 is 5.97 Å². The molecule has 0 radical (unpaired) electrons. The van der Waals surface area contributed by atoms with Crippen LogP contribution in [0.5, 0.6) is 0 Å². The number of hydrogen-bond donors (Lipinski definition) is 1. The number of rotatable bonds is 6. The first-order valence-electron chi connectivity index (χ1n) is 7.79. The average Bonchev–Trinajstić information content (AvgIpc) is 3.02. The van der Waals surface area contributed by atoms with Gasteiger partial charge in [-0.3, -0.25) is 4.79 Å². The number of carboxylic acids is 1. The maximum Gasteiger partial charge on any atom is 0.303 e. The maximum atomic E-state index is 10.8. The van der Waals surface area contributed by atoms with Crippen LogP contribution in [0, 0.1) is 0 Å². The van der Waals surface area contributed by atoms with Gasteiger partial charge in [-0.25, -0.2) is 4.98 Å². The summed E-state index contributed by atoms with van der Waals surface area (Å²) >= 11 is 1.71. The molecule has 0 bridgehead atoms. The van der Waals surface area contributed by atoms with Crippen LogP contribution in [0.3, 0.4) is 0 Å². The van der Waals surface area contributed by atoms with Crippen LogP contribution < -0.4 is 0 Å². The van der Waals surface area contributed by atoms with Crippen molar-refractivity contribution in [1.29, 1.82) is 0 Å². The van der Waals surface area contributed by atoms with Crippen LogP contribution in [0.15, 0.2) is 0 Å². The van der Waals surface area contributed by atoms with Gasteiger partial charge in [-0.15, -0.1) is 11.3 Å². The van der Waals surface area contributed by atoms with Crippen LogP contribution in [0.1, 0.15) is 55.6 Å². The van der Waals surface area contributed by atoms with Gasteiger partial charge in [0.25, 0.3) is 0 Å². The first-order chi connectivity index (χ1) is 9.86. The maximum absolute atomic E-state index is 10.8. The van der Waals surface area contributed by atoms with Gasteiger partial charge >= 0.3 is 5.97 Å². The fourth-order valence-electron chi connectivity index (χ4n) is 2.74. The third-order valence-electron chi connectivity index (χ3n) is 3.86. The van der Waals surface area contributed by atoms with E-state index >= 15 is 0 Å². The molecular weight excluding hydrogens is 284 g/mol. The fraction of sp³-hybridized carbons (Fsp3) is 0.750. The molecule has 1 aliphatic rings. The molecule has 0 aromatic carbocycles. The predicted molar refractivity (Wildman–Crippen MR) is 86.1 cm³/mol. The van der Waals surface area contributed by atoms with Gasteiger partial charge in [-0.2, -0.15) is 0 Å². The highest BCUT2D eigenvalue weighted by Crippen LogP contribution is 2.31. The number of carboxylic acid groups (broad SMARTS) is 1. The van der Waals surface area contributed by atoms with E-state index in [1.807, 2.05) is 0 Å². The molecule has 1 aromatic rings. The summed E-state index contributed by atoms with van der Waals surface area (Å²) in [5.41, 5.74) is 1.07. The van der Waals surface area contributed by atoms with E-state index in [1.54, 1.807) is 11.3 Å². The minimum absolute atomic E-state index is 0.0176. The normalized spacial score (nSPS) is 16.5. The Kier molecular flexibility index (Phi) is 5.38. The van der Waals surface area contributed by atoms with E-state index in [0.717, 1.165) is 28.5 Å². The minimum Gasteiger partial charge on any atom is -0.481 e. The Balaban J connectivity index is 2.05. The Morgan fingerprint density at radius 2 is 1.95 bits per heavy atom. The van der Waals surface area contributed by atoms with Gasteiger partial charge < -0.3 is 10.0 Å². The lowest BCUT2D eigenvalue weighted by Gasteiger charge is -2.17. The molecule has 0 atom stereocenters. The number of aliphatic carboxylic acids is 1. The second kappa shape index (κ2) is 6.88. The molecule has 118 valence electrons. The summed E-state index contributed by atoms with van der Waals surface area (Å²) in [5, 5.41) is 10.1. The lowest BCUT2D eigenvalue weighted by Crippen LogP contribution is -2.22. The van der Waals surface area contributed by atoms with Crippen molar-refractivity contribution < 1.29 is 9.90 Å². The molecule has 2 rings (SSSR count). The summed E-state index contributed by atoms with van der Waals surface area (Å²) in [7, 11) is 0. The third-order valence-corrected chi connectivity index (χ3v) is 5.03. The lowest BCUT2D eigenvalue weighted by atomic mass is 9.90. The van der Waals surface area contributed by atoms with E-state index in [2.05, 4.69) is 25.7 Å². The number of thiazole rings is 1. The number of likely N-dealkylation sites (tertiary alicyclic amines) is 1. The summed E-state index contributed by atoms with van der Waals surface area (Å²) in [6.07, 6.45) is 4.41. The van der Waals surface area contributed by atoms with Crippen molar-refractivity contribution >= 4 is 17.3 Å². The zero-order chi connectivity index (χ0) is 15.5. The molecule has 4 nitrogen and oxygen atoms in total. The highest BCUT2D eigenvalue weighted by molar-refractivity contribution is 7.11. The molecule has 0 saturated carbocycles. The molecule has 0 spiro atoms. The third kappa shape index (κ3) is 4.78. The quantitative estimate of drug-likeness (QED) is 0.877. The highest BCUT2D eigenvalue weighted by Gasteiger charge is 2.23. The summed E-state index contributed by atoms with van der Waals surface area (Å²) < 4.78 is 0. The Morgan fingerprint density at radius 3 is 2.52 bits per heavy atom. The van der Waals surface area contributed by atoms with Gasteiger partial charge in [-0.05, 0) is 32.4 Å². The molecular formula is C16H26N2O2S. The van der Waals surface area contributed by atoms with Gasteiger partial charge in [0, 0.05) is 23.3 Å². The van der Waals surface area contributed by atoms with Crippen LogP contribution in [0.4, 0.5) is 0 Å². The van der Waals surface area contributed by atoms with Gasteiger partial charge in [0.2, 0.25) is 0 Å². The topological polar surface area (TPSA) is 53.4 Å². The Hall–Kier alpha value is -0.940. The van der Waals surface area contributed by atoms with Crippen molar-refractivity contribution in [3.8, 4) is 0 Å². The van der Waals surface area contributed by atoms with Gasteiger partial charge in [-0.1, -0.05) is 20.8 Å². The first kappa shape index (κ1) is 16.4. The largest absolute Gasteiger partial charge is 0.481 e. The van der Waals surface area contributed by atoms with Crippen molar-refractivity contribution in [3.63, 3.8) is 0 Å². The van der Waals surface area contributed by atoms with E-state index in [-0.39, 0.29) is 11.8 Å². The summed E-state index contributed by atoms with van der Waals surface area (Å²) in [6.45, 7) is 9.95. The van der Waals surface area contributed by atoms with Gasteiger partial charge in [0.1, 0.15) is 0 Å². The second-order valence-corrected chi connectivity index (χ2v) is 7.99. The summed E-state index contributed by atoms with van der Waals surface area (Å²) in [5.74, 6) is -0.734. The molecule has 1 saturated heterocycles. The van der Waals surface area contributed by atoms with E-state index in [9.17, 15) is 4.79 Å². The van der Waals surface area contributed by atoms with E-state index in [4.69, 9.17) is 10.1 Å². The molecule has 0 unspecified atom stereocenters.